The average molecular weight is 1990 g/mol. The first-order chi connectivity index (χ1) is 57.7. The van der Waals surface area contributed by atoms with Gasteiger partial charge >= 0.3 is 68.3 Å². The molecule has 0 amide bonds. The van der Waals surface area contributed by atoms with Crippen LogP contribution < -0.4 is 0 Å². The van der Waals surface area contributed by atoms with Gasteiger partial charge in [0.05, 0.1) is 0 Å². The molecule has 0 saturated carbocycles. The molecule has 12 aromatic heterocycles. The number of aromatic nitrogens is 12. The molecule has 0 aliphatic rings. The Labute approximate surface area is 833 Å². The van der Waals surface area contributed by atoms with Crippen molar-refractivity contribution in [2.45, 2.75) is 281 Å². The van der Waals surface area contributed by atoms with Crippen LogP contribution in [-0.2, 0) is 108 Å². The van der Waals surface area contributed by atoms with Gasteiger partial charge in [0.25, 0.3) is 0 Å². The molecule has 0 saturated heterocycles. The van der Waals surface area contributed by atoms with Gasteiger partial charge in [-0.1, -0.05) is 292 Å². The summed E-state index contributed by atoms with van der Waals surface area (Å²) in [6.07, 6.45) is 7.19. The quantitative estimate of drug-likeness (QED) is 0.0414. The predicted molar refractivity (Wildman–Crippen MR) is 549 cm³/mol. The summed E-state index contributed by atoms with van der Waals surface area (Å²) in [5.74, 6) is 0. The molecular formula is C102H152Fe4N20Si4. The smallest absolute Gasteiger partial charge is 0.668 e. The fraction of sp³-hybridized carbons (Fsp3) is 0.412. The summed E-state index contributed by atoms with van der Waals surface area (Å²) in [5.41, 5.74) is 20.3. The maximum Gasteiger partial charge on any atom is 2.00 e. The van der Waals surface area contributed by atoms with Gasteiger partial charge in [-0.25, -0.2) is 0 Å². The maximum atomic E-state index is 4.82. The molecule has 0 bridgehead atoms. The number of hydrogen-bond acceptors (Lipinski definition) is 12. The van der Waals surface area contributed by atoms with Crippen LogP contribution in [0.4, 0.5) is 0 Å². The molecule has 12 aromatic rings. The van der Waals surface area contributed by atoms with Gasteiger partial charge in [0, 0.05) is 139 Å². The van der Waals surface area contributed by atoms with Crippen molar-refractivity contribution in [3.8, 4) is 0 Å². The number of hydrogen-bond donors (Lipinski definition) is 0. The average Bonchev–Trinajstić information content (AvgIpc) is 0.854. The minimum absolute atomic E-state index is 0. The minimum Gasteiger partial charge on any atom is -0.668 e. The van der Waals surface area contributed by atoms with Crippen molar-refractivity contribution in [1.82, 2.24) is 59.8 Å². The first-order valence-corrected chi connectivity index (χ1v) is 56.1. The van der Waals surface area contributed by atoms with Crippen LogP contribution in [-0.4, -0.2) is 92.7 Å². The summed E-state index contributed by atoms with van der Waals surface area (Å²) in [5, 5.41) is 27.6. The van der Waals surface area contributed by atoms with E-state index in [-0.39, 0.29) is 134 Å². The zero-order valence-corrected chi connectivity index (χ0v) is 87.6. The third kappa shape index (κ3) is 59.1. The summed E-state index contributed by atoms with van der Waals surface area (Å²) in [7, 11) is -4.42. The van der Waals surface area contributed by atoms with Crippen LogP contribution in [0.15, 0.2) is 243 Å². The van der Waals surface area contributed by atoms with Gasteiger partial charge < -0.3 is 41.2 Å². The van der Waals surface area contributed by atoms with Gasteiger partial charge in [-0.05, 0) is 201 Å². The largest absolute Gasteiger partial charge is 2.00 e. The van der Waals surface area contributed by atoms with Crippen LogP contribution >= 0.6 is 0 Å². The second kappa shape index (κ2) is 68.4. The molecule has 28 heteroatoms. The normalized spacial score (nSPS) is 11.8. The van der Waals surface area contributed by atoms with Crippen molar-refractivity contribution in [1.29, 1.82) is 0 Å². The molecule has 12 heterocycles. The third-order valence-corrected chi connectivity index (χ3v) is 27.9. The zero-order chi connectivity index (χ0) is 89.7. The Bertz CT molecular complexity index is 4250. The second-order valence-corrected chi connectivity index (χ2v) is 53.2. The molecule has 130 heavy (non-hydrogen) atoms. The van der Waals surface area contributed by atoms with Crippen molar-refractivity contribution >= 4 is 32.9 Å². The number of rotatable bonds is 28. The summed E-state index contributed by atoms with van der Waals surface area (Å²) in [6, 6.07) is 72.3. The van der Waals surface area contributed by atoms with Crippen molar-refractivity contribution in [2.24, 2.45) is 0 Å². The molecule has 0 spiro atoms. The van der Waals surface area contributed by atoms with Crippen LogP contribution in [0.5, 0.6) is 0 Å². The molecule has 0 aromatic carbocycles. The Balaban J connectivity index is -0.000000699. The van der Waals surface area contributed by atoms with Crippen molar-refractivity contribution in [2.75, 3.05) is 0 Å². The molecule has 12 rings (SSSR count). The van der Waals surface area contributed by atoms with Crippen LogP contribution in [0.3, 0.4) is 0 Å². The van der Waals surface area contributed by atoms with Crippen LogP contribution in [0.2, 0.25) is 78.6 Å². The van der Waals surface area contributed by atoms with E-state index in [2.05, 4.69) is 196 Å². The Morgan fingerprint density at radius 3 is 0.500 bits per heavy atom. The van der Waals surface area contributed by atoms with Crippen LogP contribution in [0.1, 0.15) is 221 Å². The first kappa shape index (κ1) is 129. The van der Waals surface area contributed by atoms with Crippen molar-refractivity contribution in [3.05, 3.63) is 398 Å². The van der Waals surface area contributed by atoms with E-state index in [1.54, 1.807) is 24.8 Å². The topological polar surface area (TPSA) is 267 Å². The van der Waals surface area contributed by atoms with Crippen LogP contribution in [0, 0.1) is 55.4 Å². The van der Waals surface area contributed by atoms with Gasteiger partial charge in [0.1, 0.15) is 0 Å². The van der Waals surface area contributed by atoms with Gasteiger partial charge in [0.2, 0.25) is 0 Å². The molecule has 20 nitrogen and oxygen atoms in total. The Morgan fingerprint density at radius 1 is 0.208 bits per heavy atom. The van der Waals surface area contributed by atoms with E-state index in [0.717, 1.165) is 114 Å². The van der Waals surface area contributed by atoms with Crippen molar-refractivity contribution < 1.29 is 68.3 Å². The van der Waals surface area contributed by atoms with Crippen LogP contribution in [0.25, 0.3) is 41.2 Å². The molecule has 708 valence electrons. The molecule has 0 radical (unpaired) electrons. The number of aryl methyl sites for hydroxylation is 8. The van der Waals surface area contributed by atoms with E-state index in [9.17, 15) is 0 Å². The standard InChI is InChI=1S/C16H20N3.5C14H16N3.2C6H18NSi2.4CH4.4Fe/c1-11-7-5-9-15(17-11)13(3)19-14(4)16-10-6-8-12(2)18-16;3*1-11-5-3-7-13(16-11)9-15-10-14-8-4-6-12(2)17-14;2*1-11(13-7-3-5-9-15-13)17-12(2)14-8-4-6-10-16-14;2*1-8(2,3)7-9(4,5)6;;;;;;;;/h5-10,13-14H,1-4H3;3*3-8H,9-10H2,1-2H3;2*3-12H,1-2H3;2*1-6H3;4*1H4;;;;/q8*-1;;;;;4*+2. The molecule has 0 aliphatic carbocycles. The van der Waals surface area contributed by atoms with E-state index in [1.807, 2.05) is 274 Å². The van der Waals surface area contributed by atoms with E-state index < -0.39 is 32.9 Å². The fourth-order valence-corrected chi connectivity index (χ4v) is 28.6. The van der Waals surface area contributed by atoms with Gasteiger partial charge in [0.15, 0.2) is 0 Å². The molecular weight excluding hydrogens is 1840 g/mol. The summed E-state index contributed by atoms with van der Waals surface area (Å²) < 4.78 is 9.64. The van der Waals surface area contributed by atoms with E-state index >= 15 is 0 Å². The molecule has 6 unspecified atom stereocenters. The summed E-state index contributed by atoms with van der Waals surface area (Å²) in [6.45, 7) is 59.8. The minimum atomic E-state index is -1.11. The fourth-order valence-electron chi connectivity index (χ4n) is 12.5. The Morgan fingerprint density at radius 2 is 0.362 bits per heavy atom. The van der Waals surface area contributed by atoms with Gasteiger partial charge in [-0.2, -0.15) is 0 Å². The second-order valence-electron chi connectivity index (χ2n) is 34.1. The molecule has 0 aliphatic heterocycles. The van der Waals surface area contributed by atoms with Gasteiger partial charge in [-0.15, -0.1) is 39.3 Å². The van der Waals surface area contributed by atoms with Crippen molar-refractivity contribution in [3.63, 3.8) is 0 Å². The third-order valence-electron chi connectivity index (χ3n) is 17.1. The predicted octanol–water partition coefficient (Wildman–Crippen LogP) is 29.7. The summed E-state index contributed by atoms with van der Waals surface area (Å²) in [4.78, 5) is 52.7. The SMILES string of the molecule is C.C.C.C.CC([N-]C(C)c1ccccn1)c1ccccn1.CC([N-]C(C)c1ccccn1)c1ccccn1.C[Si](C)(C)[N-][Si](C)(C)C.C[Si](C)(C)[N-][Si](C)(C)C.Cc1cccc(C(C)[N-]C(C)c2cccc(C)n2)n1.Cc1cccc(C[N-]Cc2cccc(C)n2)n1.Cc1cccc(C[N-]Cc2cccc(C)n2)n1.Cc1cccc(C[N-]Cc2cccc(C)n2)n1.[Fe+2].[Fe+2].[Fe+2].[Fe+2]. The molecule has 6 atom stereocenters. The van der Waals surface area contributed by atoms with E-state index in [1.165, 1.54) is 0 Å². The number of pyridine rings is 12. The van der Waals surface area contributed by atoms with E-state index in [4.69, 9.17) is 25.2 Å². The summed E-state index contributed by atoms with van der Waals surface area (Å²) >= 11 is 0. The monoisotopic (exact) mass is 1990 g/mol. The van der Waals surface area contributed by atoms with E-state index in [0.29, 0.717) is 39.3 Å². The Kier molecular flexibility index (Phi) is 67.7. The Hall–Kier alpha value is -7.57. The zero-order valence-electron chi connectivity index (χ0n) is 79.2. The van der Waals surface area contributed by atoms with Gasteiger partial charge in [-0.3, -0.25) is 59.8 Å². The molecule has 0 fully saturated rings. The first-order valence-electron chi connectivity index (χ1n) is 42.3. The molecule has 0 N–H and O–H groups in total. The maximum absolute atomic E-state index is 4.82. The number of nitrogens with zero attached hydrogens (tertiary/aromatic N) is 20.